The molecule has 0 N–H and O–H groups in total. The molecule has 0 spiro atoms. The molecule has 0 bridgehead atoms. The SMILES string of the molecule is C=CCCc1cc(F)c(-c2ccc(OC(F)(F)F)cc2)c(F)c1. The highest BCUT2D eigenvalue weighted by atomic mass is 19.4. The molecule has 0 aliphatic heterocycles. The number of rotatable bonds is 5. The van der Waals surface area contributed by atoms with Gasteiger partial charge in [-0.25, -0.2) is 8.78 Å². The summed E-state index contributed by atoms with van der Waals surface area (Å²) in [5.74, 6) is -1.99. The molecule has 0 amide bonds. The summed E-state index contributed by atoms with van der Waals surface area (Å²) in [5, 5.41) is 0. The van der Waals surface area contributed by atoms with Gasteiger partial charge in [-0.05, 0) is 48.2 Å². The average Bonchev–Trinajstić information content (AvgIpc) is 2.44. The Labute approximate surface area is 130 Å². The number of hydrogen-bond acceptors (Lipinski definition) is 1. The summed E-state index contributed by atoms with van der Waals surface area (Å²) >= 11 is 0. The largest absolute Gasteiger partial charge is 0.573 e. The molecular weight excluding hydrogens is 315 g/mol. The van der Waals surface area contributed by atoms with E-state index in [1.807, 2.05) is 0 Å². The van der Waals surface area contributed by atoms with E-state index in [0.717, 1.165) is 12.1 Å². The number of aryl methyl sites for hydroxylation is 1. The van der Waals surface area contributed by atoms with Crippen LogP contribution in [0.25, 0.3) is 11.1 Å². The minimum absolute atomic E-state index is 0.129. The average molecular weight is 328 g/mol. The molecule has 0 atom stereocenters. The van der Waals surface area contributed by atoms with Gasteiger partial charge in [0.1, 0.15) is 17.4 Å². The van der Waals surface area contributed by atoms with Gasteiger partial charge >= 0.3 is 6.36 Å². The van der Waals surface area contributed by atoms with E-state index in [1.165, 1.54) is 24.3 Å². The first kappa shape index (κ1) is 17.0. The van der Waals surface area contributed by atoms with Crippen molar-refractivity contribution in [2.75, 3.05) is 0 Å². The second kappa shape index (κ2) is 6.81. The van der Waals surface area contributed by atoms with Gasteiger partial charge in [-0.3, -0.25) is 0 Å². The quantitative estimate of drug-likeness (QED) is 0.509. The van der Waals surface area contributed by atoms with Crippen molar-refractivity contribution in [1.82, 2.24) is 0 Å². The molecule has 0 fully saturated rings. The fraction of sp³-hybridized carbons (Fsp3) is 0.176. The first-order valence-corrected chi connectivity index (χ1v) is 6.75. The monoisotopic (exact) mass is 328 g/mol. The van der Waals surface area contributed by atoms with E-state index in [0.29, 0.717) is 18.4 Å². The smallest absolute Gasteiger partial charge is 0.406 e. The van der Waals surface area contributed by atoms with Gasteiger partial charge in [0.05, 0.1) is 5.56 Å². The number of benzene rings is 2. The highest BCUT2D eigenvalue weighted by Crippen LogP contribution is 2.30. The molecule has 1 nitrogen and oxygen atoms in total. The predicted octanol–water partition coefficient (Wildman–Crippen LogP) is 5.65. The fourth-order valence-corrected chi connectivity index (χ4v) is 2.14. The molecule has 2 aromatic rings. The summed E-state index contributed by atoms with van der Waals surface area (Å²) in [5.41, 5.74) is 0.330. The molecule has 0 heterocycles. The van der Waals surface area contributed by atoms with E-state index < -0.39 is 23.7 Å². The molecule has 0 radical (unpaired) electrons. The van der Waals surface area contributed by atoms with E-state index in [4.69, 9.17) is 0 Å². The fourth-order valence-electron chi connectivity index (χ4n) is 2.14. The molecule has 0 unspecified atom stereocenters. The summed E-state index contributed by atoms with van der Waals surface area (Å²) in [4.78, 5) is 0. The predicted molar refractivity (Wildman–Crippen MR) is 77.0 cm³/mol. The Bertz CT molecular complexity index is 666. The Hall–Kier alpha value is -2.37. The van der Waals surface area contributed by atoms with Gasteiger partial charge in [0.15, 0.2) is 0 Å². The van der Waals surface area contributed by atoms with E-state index in [-0.39, 0.29) is 11.1 Å². The van der Waals surface area contributed by atoms with Gasteiger partial charge in [-0.2, -0.15) is 0 Å². The van der Waals surface area contributed by atoms with Crippen LogP contribution in [-0.4, -0.2) is 6.36 Å². The van der Waals surface area contributed by atoms with Crippen molar-refractivity contribution >= 4 is 0 Å². The Morgan fingerprint density at radius 1 is 1.00 bits per heavy atom. The first-order chi connectivity index (χ1) is 10.8. The molecule has 23 heavy (non-hydrogen) atoms. The van der Waals surface area contributed by atoms with Crippen LogP contribution in [0.2, 0.25) is 0 Å². The molecular formula is C17H13F5O. The summed E-state index contributed by atoms with van der Waals surface area (Å²) in [6.45, 7) is 3.54. The molecule has 2 rings (SSSR count). The molecule has 122 valence electrons. The molecule has 0 saturated carbocycles. The van der Waals surface area contributed by atoms with E-state index >= 15 is 0 Å². The lowest BCUT2D eigenvalue weighted by atomic mass is 10.0. The van der Waals surface area contributed by atoms with Crippen LogP contribution < -0.4 is 4.74 Å². The van der Waals surface area contributed by atoms with Crippen LogP contribution in [0.5, 0.6) is 5.75 Å². The van der Waals surface area contributed by atoms with Gasteiger partial charge in [0, 0.05) is 0 Å². The van der Waals surface area contributed by atoms with E-state index in [1.54, 1.807) is 6.08 Å². The second-order valence-corrected chi connectivity index (χ2v) is 4.83. The summed E-state index contributed by atoms with van der Waals surface area (Å²) in [6.07, 6.45) is -2.13. The number of halogens is 5. The lowest BCUT2D eigenvalue weighted by Crippen LogP contribution is -2.16. The lowest BCUT2D eigenvalue weighted by Gasteiger charge is -2.11. The third-order valence-corrected chi connectivity index (χ3v) is 3.12. The normalized spacial score (nSPS) is 11.3. The van der Waals surface area contributed by atoms with Crippen LogP contribution in [0.3, 0.4) is 0 Å². The summed E-state index contributed by atoms with van der Waals surface area (Å²) < 4.78 is 68.2. The van der Waals surface area contributed by atoms with E-state index in [9.17, 15) is 22.0 Å². The van der Waals surface area contributed by atoms with Crippen LogP contribution in [-0.2, 0) is 6.42 Å². The summed E-state index contributed by atoms with van der Waals surface area (Å²) in [7, 11) is 0. The minimum Gasteiger partial charge on any atom is -0.406 e. The zero-order valence-electron chi connectivity index (χ0n) is 12.0. The molecule has 0 aliphatic carbocycles. The van der Waals surface area contributed by atoms with Gasteiger partial charge in [0.25, 0.3) is 0 Å². The maximum absolute atomic E-state index is 14.1. The maximum Gasteiger partial charge on any atom is 0.573 e. The standard InChI is InChI=1S/C17H13F5O/c1-2-3-4-11-9-14(18)16(15(19)10-11)12-5-7-13(8-6-12)23-17(20,21)22/h2,5-10H,1,3-4H2. The highest BCUT2D eigenvalue weighted by molar-refractivity contribution is 5.66. The van der Waals surface area contributed by atoms with Crippen LogP contribution in [0.4, 0.5) is 22.0 Å². The Balaban J connectivity index is 2.29. The van der Waals surface area contributed by atoms with Crippen LogP contribution in [0.1, 0.15) is 12.0 Å². The third-order valence-electron chi connectivity index (χ3n) is 3.12. The molecule has 0 aromatic heterocycles. The maximum atomic E-state index is 14.1. The van der Waals surface area contributed by atoms with Crippen molar-refractivity contribution in [1.29, 1.82) is 0 Å². The number of allylic oxidation sites excluding steroid dienone is 1. The van der Waals surface area contributed by atoms with Crippen LogP contribution in [0.15, 0.2) is 49.1 Å². The zero-order chi connectivity index (χ0) is 17.0. The Morgan fingerprint density at radius 2 is 1.57 bits per heavy atom. The minimum atomic E-state index is -4.81. The number of hydrogen-bond donors (Lipinski definition) is 0. The van der Waals surface area contributed by atoms with Gasteiger partial charge < -0.3 is 4.74 Å². The van der Waals surface area contributed by atoms with Crippen molar-refractivity contribution in [3.63, 3.8) is 0 Å². The Morgan fingerprint density at radius 3 is 2.04 bits per heavy atom. The van der Waals surface area contributed by atoms with E-state index in [2.05, 4.69) is 11.3 Å². The van der Waals surface area contributed by atoms with Crippen LogP contribution in [0, 0.1) is 11.6 Å². The van der Waals surface area contributed by atoms with Gasteiger partial charge in [0.2, 0.25) is 0 Å². The van der Waals surface area contributed by atoms with Gasteiger partial charge in [-0.15, -0.1) is 19.8 Å². The number of alkyl halides is 3. The molecule has 0 saturated heterocycles. The van der Waals surface area contributed by atoms with Crippen molar-refractivity contribution < 1.29 is 26.7 Å². The van der Waals surface area contributed by atoms with Gasteiger partial charge in [-0.1, -0.05) is 18.2 Å². The first-order valence-electron chi connectivity index (χ1n) is 6.75. The van der Waals surface area contributed by atoms with Crippen molar-refractivity contribution in [3.05, 3.63) is 66.3 Å². The molecule has 6 heteroatoms. The zero-order valence-corrected chi connectivity index (χ0v) is 12.0. The molecule has 0 aliphatic rings. The third kappa shape index (κ3) is 4.55. The molecule has 2 aromatic carbocycles. The van der Waals surface area contributed by atoms with Crippen molar-refractivity contribution in [2.24, 2.45) is 0 Å². The topological polar surface area (TPSA) is 9.23 Å². The summed E-state index contributed by atoms with van der Waals surface area (Å²) in [6, 6.07) is 6.78. The van der Waals surface area contributed by atoms with Crippen LogP contribution >= 0.6 is 0 Å². The number of ether oxygens (including phenoxy) is 1. The van der Waals surface area contributed by atoms with Crippen molar-refractivity contribution in [2.45, 2.75) is 19.2 Å². The second-order valence-electron chi connectivity index (χ2n) is 4.83. The Kier molecular flexibility index (Phi) is 5.03. The lowest BCUT2D eigenvalue weighted by molar-refractivity contribution is -0.274. The van der Waals surface area contributed by atoms with Crippen molar-refractivity contribution in [3.8, 4) is 16.9 Å². The highest BCUT2D eigenvalue weighted by Gasteiger charge is 2.31.